The van der Waals surface area contributed by atoms with Gasteiger partial charge in [-0.2, -0.15) is 0 Å². The number of ether oxygens (including phenoxy) is 1. The smallest absolute Gasteiger partial charge is 0.404 e. The predicted octanol–water partition coefficient (Wildman–Crippen LogP) is 1.54. The third kappa shape index (κ3) is 4.68. The Balaban J connectivity index is 2.43. The van der Waals surface area contributed by atoms with Gasteiger partial charge in [-0.25, -0.2) is 4.79 Å². The number of halogens is 1. The second kappa shape index (κ2) is 6.92. The zero-order valence-corrected chi connectivity index (χ0v) is 11.0. The molecule has 0 radical (unpaired) electrons. The van der Waals surface area contributed by atoms with E-state index in [0.29, 0.717) is 17.6 Å². The molecule has 0 spiro atoms. The highest BCUT2D eigenvalue weighted by Crippen LogP contribution is 2.22. The number of nitro groups is 1. The van der Waals surface area contributed by atoms with Gasteiger partial charge in [-0.1, -0.05) is 15.9 Å². The third-order valence-electron chi connectivity index (χ3n) is 2.09. The molecule has 0 aliphatic heterocycles. The minimum atomic E-state index is -0.812. The number of hydrogen-bond donors (Lipinski definition) is 2. The highest BCUT2D eigenvalue weighted by molar-refractivity contribution is 9.10. The van der Waals surface area contributed by atoms with Gasteiger partial charge < -0.3 is 15.8 Å². The summed E-state index contributed by atoms with van der Waals surface area (Å²) in [7, 11) is 0. The molecule has 0 atom stereocenters. The van der Waals surface area contributed by atoms with Crippen LogP contribution in [0.1, 0.15) is 5.56 Å². The lowest BCUT2D eigenvalue weighted by Gasteiger charge is -2.06. The number of nitro benzene ring substituents is 1. The maximum atomic E-state index is 10.5. The van der Waals surface area contributed by atoms with E-state index in [1.165, 1.54) is 12.1 Å². The molecule has 0 aromatic heterocycles. The molecule has 0 aliphatic rings. The Morgan fingerprint density at radius 3 is 2.83 bits per heavy atom. The van der Waals surface area contributed by atoms with Gasteiger partial charge in [0.15, 0.2) is 0 Å². The molecule has 0 unspecified atom stereocenters. The van der Waals surface area contributed by atoms with Crippen molar-refractivity contribution in [1.82, 2.24) is 5.32 Å². The summed E-state index contributed by atoms with van der Waals surface area (Å²) in [4.78, 5) is 20.4. The molecule has 0 bridgehead atoms. The Labute approximate surface area is 112 Å². The number of amides is 1. The largest absolute Gasteiger partial charge is 0.448 e. The van der Waals surface area contributed by atoms with Crippen LogP contribution in [0.4, 0.5) is 10.5 Å². The Morgan fingerprint density at radius 2 is 2.28 bits per heavy atom. The first-order chi connectivity index (χ1) is 8.50. The van der Waals surface area contributed by atoms with Crippen molar-refractivity contribution >= 4 is 27.7 Å². The van der Waals surface area contributed by atoms with Crippen molar-refractivity contribution in [3.05, 3.63) is 38.3 Å². The molecule has 18 heavy (non-hydrogen) atoms. The van der Waals surface area contributed by atoms with Crippen molar-refractivity contribution in [1.29, 1.82) is 0 Å². The average Bonchev–Trinajstić information content (AvgIpc) is 2.29. The summed E-state index contributed by atoms with van der Waals surface area (Å²) in [6, 6.07) is 4.53. The van der Waals surface area contributed by atoms with E-state index >= 15 is 0 Å². The molecule has 7 nitrogen and oxygen atoms in total. The van der Waals surface area contributed by atoms with Crippen molar-refractivity contribution in [3.63, 3.8) is 0 Å². The maximum Gasteiger partial charge on any atom is 0.404 e. The zero-order valence-electron chi connectivity index (χ0n) is 9.39. The number of nitrogens with zero attached hydrogens (tertiary/aromatic N) is 1. The number of primary amides is 1. The number of hydrogen-bond acceptors (Lipinski definition) is 5. The van der Waals surface area contributed by atoms with Crippen molar-refractivity contribution in [2.24, 2.45) is 5.73 Å². The summed E-state index contributed by atoms with van der Waals surface area (Å²) in [6.45, 7) is 1.13. The second-order valence-electron chi connectivity index (χ2n) is 3.38. The van der Waals surface area contributed by atoms with Gasteiger partial charge in [0.2, 0.25) is 0 Å². The molecule has 8 heteroatoms. The fraction of sp³-hybridized carbons (Fsp3) is 0.300. The molecule has 0 saturated heterocycles. The summed E-state index contributed by atoms with van der Waals surface area (Å²) in [5, 5.41) is 13.6. The summed E-state index contributed by atoms with van der Waals surface area (Å²) in [5.74, 6) is 0. The zero-order chi connectivity index (χ0) is 13.5. The van der Waals surface area contributed by atoms with Crippen LogP contribution in [-0.2, 0) is 11.3 Å². The van der Waals surface area contributed by atoms with Crippen molar-refractivity contribution < 1.29 is 14.5 Å². The minimum absolute atomic E-state index is 0.0303. The van der Waals surface area contributed by atoms with Gasteiger partial charge in [-0.3, -0.25) is 10.1 Å². The number of non-ortho nitro benzene ring substituents is 1. The highest BCUT2D eigenvalue weighted by Gasteiger charge is 2.08. The highest BCUT2D eigenvalue weighted by atomic mass is 79.9. The molecule has 98 valence electrons. The summed E-state index contributed by atoms with van der Waals surface area (Å²) in [5.41, 5.74) is 5.70. The number of nitrogens with two attached hydrogens (primary N) is 1. The number of carbonyl (C=O) groups is 1. The van der Waals surface area contributed by atoms with Gasteiger partial charge in [0.1, 0.15) is 6.61 Å². The average molecular weight is 318 g/mol. The van der Waals surface area contributed by atoms with Crippen molar-refractivity contribution in [3.8, 4) is 0 Å². The molecule has 0 heterocycles. The molecule has 0 fully saturated rings. The van der Waals surface area contributed by atoms with Crippen LogP contribution in [-0.4, -0.2) is 24.2 Å². The molecule has 1 aromatic rings. The van der Waals surface area contributed by atoms with Gasteiger partial charge in [-0.05, 0) is 11.6 Å². The van der Waals surface area contributed by atoms with E-state index in [2.05, 4.69) is 26.0 Å². The van der Waals surface area contributed by atoms with Crippen molar-refractivity contribution in [2.45, 2.75) is 6.54 Å². The first-order valence-corrected chi connectivity index (χ1v) is 5.86. The topological polar surface area (TPSA) is 107 Å². The molecule has 0 saturated carbocycles. The Kier molecular flexibility index (Phi) is 5.53. The Hall–Kier alpha value is -1.67. The molecule has 1 aromatic carbocycles. The van der Waals surface area contributed by atoms with Crippen LogP contribution in [0.3, 0.4) is 0 Å². The fourth-order valence-corrected chi connectivity index (χ4v) is 1.75. The van der Waals surface area contributed by atoms with Gasteiger partial charge in [-0.15, -0.1) is 0 Å². The molecular formula is C10H12BrN3O4. The SMILES string of the molecule is NC(=O)OCCNCc1ccc([N+](=O)[O-])cc1Br. The first-order valence-electron chi connectivity index (χ1n) is 5.06. The van der Waals surface area contributed by atoms with Crippen LogP contribution < -0.4 is 11.1 Å². The quantitative estimate of drug-likeness (QED) is 0.470. The molecule has 0 aliphatic carbocycles. The number of benzene rings is 1. The summed E-state index contributed by atoms with van der Waals surface area (Å²) in [6.07, 6.45) is -0.812. The number of rotatable bonds is 6. The normalized spacial score (nSPS) is 10.1. The standard InChI is InChI=1S/C10H12BrN3O4/c11-9-5-8(14(16)17)2-1-7(9)6-13-3-4-18-10(12)15/h1-2,5,13H,3-4,6H2,(H2,12,15). The molecule has 1 rings (SSSR count). The van der Waals surface area contributed by atoms with E-state index in [9.17, 15) is 14.9 Å². The van der Waals surface area contributed by atoms with E-state index in [1.54, 1.807) is 6.07 Å². The van der Waals surface area contributed by atoms with Gasteiger partial charge in [0, 0.05) is 29.7 Å². The Morgan fingerprint density at radius 1 is 1.56 bits per heavy atom. The third-order valence-corrected chi connectivity index (χ3v) is 2.82. The minimum Gasteiger partial charge on any atom is -0.448 e. The Bertz CT molecular complexity index is 453. The summed E-state index contributed by atoms with van der Waals surface area (Å²) < 4.78 is 5.19. The molecule has 3 N–H and O–H groups in total. The fourth-order valence-electron chi connectivity index (χ4n) is 1.24. The van der Waals surface area contributed by atoms with E-state index in [4.69, 9.17) is 5.73 Å². The van der Waals surface area contributed by atoms with Crippen LogP contribution in [0.15, 0.2) is 22.7 Å². The number of carbonyl (C=O) groups excluding carboxylic acids is 1. The van der Waals surface area contributed by atoms with Gasteiger partial charge in [0.25, 0.3) is 5.69 Å². The maximum absolute atomic E-state index is 10.5. The number of nitrogens with one attached hydrogen (secondary N) is 1. The van der Waals surface area contributed by atoms with Gasteiger partial charge >= 0.3 is 6.09 Å². The van der Waals surface area contributed by atoms with Gasteiger partial charge in [0.05, 0.1) is 4.92 Å². The lowest BCUT2D eigenvalue weighted by Crippen LogP contribution is -2.23. The lowest BCUT2D eigenvalue weighted by atomic mass is 10.2. The summed E-state index contributed by atoms with van der Waals surface area (Å²) >= 11 is 3.26. The monoisotopic (exact) mass is 317 g/mol. The first kappa shape index (κ1) is 14.4. The molecular weight excluding hydrogens is 306 g/mol. The van der Waals surface area contributed by atoms with E-state index in [-0.39, 0.29) is 12.3 Å². The van der Waals surface area contributed by atoms with Crippen molar-refractivity contribution in [2.75, 3.05) is 13.2 Å². The van der Waals surface area contributed by atoms with Crippen LogP contribution in [0, 0.1) is 10.1 Å². The lowest BCUT2D eigenvalue weighted by molar-refractivity contribution is -0.384. The van der Waals surface area contributed by atoms with Crippen LogP contribution >= 0.6 is 15.9 Å². The predicted molar refractivity (Wildman–Crippen MR) is 68.0 cm³/mol. The van der Waals surface area contributed by atoms with E-state index in [0.717, 1.165) is 5.56 Å². The second-order valence-corrected chi connectivity index (χ2v) is 4.23. The van der Waals surface area contributed by atoms with E-state index < -0.39 is 11.0 Å². The van der Waals surface area contributed by atoms with Crippen LogP contribution in [0.2, 0.25) is 0 Å². The van der Waals surface area contributed by atoms with E-state index in [1.807, 2.05) is 0 Å². The van der Waals surface area contributed by atoms with Crippen LogP contribution in [0.5, 0.6) is 0 Å². The van der Waals surface area contributed by atoms with Crippen LogP contribution in [0.25, 0.3) is 0 Å². The molecule has 1 amide bonds.